The molecule has 2 saturated heterocycles. The topological polar surface area (TPSA) is 78.2 Å². The molecule has 2 aliphatic heterocycles. The quantitative estimate of drug-likeness (QED) is 0.520. The van der Waals surface area contributed by atoms with E-state index in [4.69, 9.17) is 9.73 Å². The lowest BCUT2D eigenvalue weighted by Crippen LogP contribution is -2.55. The van der Waals surface area contributed by atoms with E-state index in [1.165, 1.54) is 0 Å². The number of anilines is 1. The van der Waals surface area contributed by atoms with Crippen molar-refractivity contribution in [1.82, 2.24) is 24.9 Å². The SMILES string of the molecule is CCNC(=NCC(CC(C)C)N1CCOCC1)N1CCN(c2cnn(C)c2)C(=O)C1. The summed E-state index contributed by atoms with van der Waals surface area (Å²) >= 11 is 0. The van der Waals surface area contributed by atoms with Crippen molar-refractivity contribution in [2.75, 3.05) is 63.9 Å². The van der Waals surface area contributed by atoms with E-state index in [-0.39, 0.29) is 5.91 Å². The van der Waals surface area contributed by atoms with Crippen molar-refractivity contribution in [3.8, 4) is 0 Å². The van der Waals surface area contributed by atoms with Crippen LogP contribution < -0.4 is 10.2 Å². The minimum Gasteiger partial charge on any atom is -0.379 e. The summed E-state index contributed by atoms with van der Waals surface area (Å²) in [6.07, 6.45) is 4.73. The van der Waals surface area contributed by atoms with Gasteiger partial charge < -0.3 is 19.9 Å². The summed E-state index contributed by atoms with van der Waals surface area (Å²) in [5.74, 6) is 1.52. The molecule has 1 N–H and O–H groups in total. The Kier molecular flexibility index (Phi) is 8.09. The number of rotatable bonds is 7. The molecule has 9 heteroatoms. The maximum atomic E-state index is 12.8. The summed E-state index contributed by atoms with van der Waals surface area (Å²) in [7, 11) is 1.86. The highest BCUT2D eigenvalue weighted by atomic mass is 16.5. The van der Waals surface area contributed by atoms with Crippen LogP contribution in [0, 0.1) is 5.92 Å². The molecule has 1 amide bonds. The van der Waals surface area contributed by atoms with E-state index >= 15 is 0 Å². The van der Waals surface area contributed by atoms with E-state index in [0.29, 0.717) is 25.0 Å². The number of hydrogen-bond donors (Lipinski definition) is 1. The number of hydrogen-bond acceptors (Lipinski definition) is 5. The molecule has 1 aromatic heterocycles. The van der Waals surface area contributed by atoms with Gasteiger partial charge in [-0.3, -0.25) is 19.4 Å². The maximum Gasteiger partial charge on any atom is 0.246 e. The smallest absolute Gasteiger partial charge is 0.246 e. The molecule has 0 bridgehead atoms. The van der Waals surface area contributed by atoms with Crippen molar-refractivity contribution in [2.24, 2.45) is 18.0 Å². The van der Waals surface area contributed by atoms with Gasteiger partial charge in [0.1, 0.15) is 6.54 Å². The third-order valence-electron chi connectivity index (χ3n) is 5.62. The van der Waals surface area contributed by atoms with Crippen LogP contribution in [-0.4, -0.2) is 96.5 Å². The molecule has 168 valence electrons. The van der Waals surface area contributed by atoms with E-state index < -0.39 is 0 Å². The Hall–Kier alpha value is -2.13. The van der Waals surface area contributed by atoms with E-state index in [2.05, 4.69) is 41.0 Å². The van der Waals surface area contributed by atoms with Crippen molar-refractivity contribution in [3.63, 3.8) is 0 Å². The molecule has 0 saturated carbocycles. The fourth-order valence-corrected chi connectivity index (χ4v) is 4.12. The molecule has 1 unspecified atom stereocenters. The van der Waals surface area contributed by atoms with E-state index in [0.717, 1.165) is 64.0 Å². The molecule has 3 heterocycles. The molecule has 2 aliphatic rings. The van der Waals surface area contributed by atoms with Crippen LogP contribution >= 0.6 is 0 Å². The highest BCUT2D eigenvalue weighted by Crippen LogP contribution is 2.17. The highest BCUT2D eigenvalue weighted by Gasteiger charge is 2.28. The zero-order valence-electron chi connectivity index (χ0n) is 18.9. The van der Waals surface area contributed by atoms with Gasteiger partial charge in [0.2, 0.25) is 5.91 Å². The van der Waals surface area contributed by atoms with Crippen LogP contribution in [0.1, 0.15) is 27.2 Å². The molecule has 3 rings (SSSR count). The number of aryl methyl sites for hydroxylation is 1. The summed E-state index contributed by atoms with van der Waals surface area (Å²) in [4.78, 5) is 24.1. The first-order valence-electron chi connectivity index (χ1n) is 11.1. The Bertz CT molecular complexity index is 712. The van der Waals surface area contributed by atoms with Crippen LogP contribution in [0.15, 0.2) is 17.4 Å². The molecular weight excluding hydrogens is 382 g/mol. The van der Waals surface area contributed by atoms with Gasteiger partial charge in [0, 0.05) is 52.0 Å². The number of guanidine groups is 1. The first-order valence-corrected chi connectivity index (χ1v) is 11.1. The number of nitrogens with one attached hydrogen (secondary N) is 1. The largest absolute Gasteiger partial charge is 0.379 e. The number of piperazine rings is 1. The van der Waals surface area contributed by atoms with Crippen LogP contribution in [0.25, 0.3) is 0 Å². The number of amides is 1. The van der Waals surface area contributed by atoms with E-state index in [1.807, 2.05) is 18.1 Å². The van der Waals surface area contributed by atoms with Crippen molar-refractivity contribution in [3.05, 3.63) is 12.4 Å². The zero-order chi connectivity index (χ0) is 21.5. The lowest BCUT2D eigenvalue weighted by atomic mass is 10.0. The molecule has 30 heavy (non-hydrogen) atoms. The second-order valence-electron chi connectivity index (χ2n) is 8.47. The number of morpholine rings is 1. The lowest BCUT2D eigenvalue weighted by Gasteiger charge is -2.37. The number of carbonyl (C=O) groups excluding carboxylic acids is 1. The second-order valence-corrected chi connectivity index (χ2v) is 8.47. The van der Waals surface area contributed by atoms with E-state index in [9.17, 15) is 4.79 Å². The molecule has 1 aromatic rings. The fraction of sp³-hybridized carbons (Fsp3) is 0.762. The summed E-state index contributed by atoms with van der Waals surface area (Å²) in [6.45, 7) is 13.3. The fourth-order valence-electron chi connectivity index (χ4n) is 4.12. The average molecular weight is 420 g/mol. The number of aliphatic imine (C=N–C) groups is 1. The van der Waals surface area contributed by atoms with Gasteiger partial charge in [0.05, 0.1) is 31.6 Å². The number of aromatic nitrogens is 2. The normalized spacial score (nSPS) is 20.2. The van der Waals surface area contributed by atoms with Gasteiger partial charge in [-0.05, 0) is 19.3 Å². The van der Waals surface area contributed by atoms with Crippen LogP contribution in [0.3, 0.4) is 0 Å². The Morgan fingerprint density at radius 1 is 1.27 bits per heavy atom. The van der Waals surface area contributed by atoms with Gasteiger partial charge in [-0.2, -0.15) is 5.10 Å². The van der Waals surface area contributed by atoms with Crippen LogP contribution in [0.5, 0.6) is 0 Å². The number of carbonyl (C=O) groups is 1. The molecule has 9 nitrogen and oxygen atoms in total. The van der Waals surface area contributed by atoms with Crippen molar-refractivity contribution < 1.29 is 9.53 Å². The zero-order valence-corrected chi connectivity index (χ0v) is 18.9. The number of ether oxygens (including phenoxy) is 1. The molecule has 2 fully saturated rings. The van der Waals surface area contributed by atoms with Gasteiger partial charge in [0.25, 0.3) is 0 Å². The average Bonchev–Trinajstić information content (AvgIpc) is 3.16. The summed E-state index contributed by atoms with van der Waals surface area (Å²) in [5.41, 5.74) is 0.855. The number of nitrogens with zero attached hydrogens (tertiary/aromatic N) is 6. The van der Waals surface area contributed by atoms with Crippen molar-refractivity contribution in [2.45, 2.75) is 33.2 Å². The van der Waals surface area contributed by atoms with Gasteiger partial charge in [0.15, 0.2) is 5.96 Å². The van der Waals surface area contributed by atoms with Crippen LogP contribution in [0.4, 0.5) is 5.69 Å². The summed E-state index contributed by atoms with van der Waals surface area (Å²) in [6, 6.07) is 0.398. The summed E-state index contributed by atoms with van der Waals surface area (Å²) < 4.78 is 7.25. The molecular formula is C21H37N7O2. The van der Waals surface area contributed by atoms with Gasteiger partial charge in [-0.25, -0.2) is 0 Å². The molecule has 1 atom stereocenters. The van der Waals surface area contributed by atoms with Crippen molar-refractivity contribution in [1.29, 1.82) is 0 Å². The third-order valence-corrected chi connectivity index (χ3v) is 5.62. The van der Waals surface area contributed by atoms with Gasteiger partial charge >= 0.3 is 0 Å². The Morgan fingerprint density at radius 3 is 2.63 bits per heavy atom. The Balaban J connectivity index is 1.66. The predicted molar refractivity (Wildman–Crippen MR) is 119 cm³/mol. The predicted octanol–water partition coefficient (Wildman–Crippen LogP) is 0.781. The molecule has 0 spiro atoms. The lowest BCUT2D eigenvalue weighted by molar-refractivity contribution is -0.120. The first-order chi connectivity index (χ1) is 14.5. The third kappa shape index (κ3) is 5.95. The van der Waals surface area contributed by atoms with Crippen LogP contribution in [-0.2, 0) is 16.6 Å². The minimum atomic E-state index is 0.0757. The summed E-state index contributed by atoms with van der Waals surface area (Å²) in [5, 5.41) is 7.57. The first kappa shape index (κ1) is 22.6. The monoisotopic (exact) mass is 419 g/mol. The molecule has 0 radical (unpaired) electrons. The Morgan fingerprint density at radius 2 is 2.03 bits per heavy atom. The van der Waals surface area contributed by atoms with Gasteiger partial charge in [-0.1, -0.05) is 13.8 Å². The highest BCUT2D eigenvalue weighted by molar-refractivity contribution is 5.98. The van der Waals surface area contributed by atoms with E-state index in [1.54, 1.807) is 10.9 Å². The van der Waals surface area contributed by atoms with Crippen LogP contribution in [0.2, 0.25) is 0 Å². The maximum absolute atomic E-state index is 12.8. The Labute approximate surface area is 180 Å². The molecule has 0 aromatic carbocycles. The standard InChI is InChI=1S/C21H37N7O2/c1-5-22-21(23-13-18(12-17(2)3)26-8-10-30-11-9-26)27-6-7-28(20(29)16-27)19-14-24-25(4)15-19/h14-15,17-18H,5-13,16H2,1-4H3,(H,22,23). The second kappa shape index (κ2) is 10.8. The minimum absolute atomic E-state index is 0.0757. The van der Waals surface area contributed by atoms with Gasteiger partial charge in [-0.15, -0.1) is 0 Å². The molecule has 0 aliphatic carbocycles. The van der Waals surface area contributed by atoms with Crippen molar-refractivity contribution >= 4 is 17.6 Å².